The summed E-state index contributed by atoms with van der Waals surface area (Å²) in [5, 5.41) is 9.36. The summed E-state index contributed by atoms with van der Waals surface area (Å²) in [4.78, 5) is 15.9. The average Bonchev–Trinajstić information content (AvgIpc) is 2.96. The van der Waals surface area contributed by atoms with Crippen LogP contribution in [0.1, 0.15) is 22.6 Å². The van der Waals surface area contributed by atoms with E-state index >= 15 is 0 Å². The number of hydrogen-bond acceptors (Lipinski definition) is 5. The third kappa shape index (κ3) is 3.47. The summed E-state index contributed by atoms with van der Waals surface area (Å²) in [6.07, 6.45) is 2.99. The molecule has 0 spiro atoms. The highest BCUT2D eigenvalue weighted by Crippen LogP contribution is 2.21. The summed E-state index contributed by atoms with van der Waals surface area (Å²) in [5.74, 6) is 1.22. The highest BCUT2D eigenvalue weighted by molar-refractivity contribution is 5.95. The fraction of sp³-hybridized carbons (Fsp3) is 0.308. The van der Waals surface area contributed by atoms with Gasteiger partial charge in [-0.1, -0.05) is 0 Å². The first-order valence-electron chi connectivity index (χ1n) is 6.26. The lowest BCUT2D eigenvalue weighted by atomic mass is 10.1. The second kappa shape index (κ2) is 6.55. The zero-order valence-electron chi connectivity index (χ0n) is 11.2. The summed E-state index contributed by atoms with van der Waals surface area (Å²) in [7, 11) is 1.54. The molecular weight excluding hydrogens is 258 g/mol. The Kier molecular flexibility index (Phi) is 4.54. The van der Waals surface area contributed by atoms with Gasteiger partial charge in [0.1, 0.15) is 17.9 Å². The number of H-pyrrole nitrogens is 1. The molecule has 0 aliphatic heterocycles. The molecule has 0 saturated carbocycles. The standard InChI is InChI=1S/C13H17N5O2/c1-20-11-5-4-9(7-10(11)14)13(19)15-6-2-3-12-16-8-17-18-12/h4-5,7-8H,2-3,6,14H2,1H3,(H,15,19)(H,16,17,18). The van der Waals surface area contributed by atoms with Crippen LogP contribution in [-0.2, 0) is 6.42 Å². The number of nitrogens with zero attached hydrogens (tertiary/aromatic N) is 2. The number of aromatic nitrogens is 3. The number of rotatable bonds is 6. The molecule has 0 bridgehead atoms. The molecule has 1 aromatic carbocycles. The maximum Gasteiger partial charge on any atom is 0.251 e. The van der Waals surface area contributed by atoms with Crippen LogP contribution >= 0.6 is 0 Å². The molecule has 0 fully saturated rings. The molecule has 1 aromatic heterocycles. The molecule has 0 aliphatic rings. The second-order valence-corrected chi connectivity index (χ2v) is 4.25. The SMILES string of the molecule is COc1ccc(C(=O)NCCCc2ncn[nH]2)cc1N. The van der Waals surface area contributed by atoms with Gasteiger partial charge in [-0.25, -0.2) is 4.98 Å². The van der Waals surface area contributed by atoms with Gasteiger partial charge in [0, 0.05) is 18.5 Å². The molecule has 20 heavy (non-hydrogen) atoms. The Balaban J connectivity index is 1.81. The van der Waals surface area contributed by atoms with Gasteiger partial charge in [0.15, 0.2) is 0 Å². The van der Waals surface area contributed by atoms with Crippen LogP contribution in [0.4, 0.5) is 5.69 Å². The zero-order valence-corrected chi connectivity index (χ0v) is 11.2. The lowest BCUT2D eigenvalue weighted by molar-refractivity contribution is 0.0953. The van der Waals surface area contributed by atoms with Gasteiger partial charge < -0.3 is 15.8 Å². The monoisotopic (exact) mass is 275 g/mol. The van der Waals surface area contributed by atoms with Gasteiger partial charge in [0.2, 0.25) is 0 Å². The van der Waals surface area contributed by atoms with Crippen molar-refractivity contribution in [2.75, 3.05) is 19.4 Å². The molecule has 7 heteroatoms. The van der Waals surface area contributed by atoms with Crippen molar-refractivity contribution < 1.29 is 9.53 Å². The number of methoxy groups -OCH3 is 1. The van der Waals surface area contributed by atoms with E-state index in [9.17, 15) is 4.79 Å². The number of hydrogen-bond donors (Lipinski definition) is 3. The quantitative estimate of drug-likeness (QED) is 0.533. The Bertz CT molecular complexity index is 568. The second-order valence-electron chi connectivity index (χ2n) is 4.25. The van der Waals surface area contributed by atoms with E-state index in [0.29, 0.717) is 23.5 Å². The van der Waals surface area contributed by atoms with Crippen LogP contribution in [0.2, 0.25) is 0 Å². The molecule has 0 atom stereocenters. The number of amides is 1. The maximum absolute atomic E-state index is 11.9. The van der Waals surface area contributed by atoms with Gasteiger partial charge in [-0.3, -0.25) is 9.89 Å². The van der Waals surface area contributed by atoms with Gasteiger partial charge in [-0.15, -0.1) is 0 Å². The van der Waals surface area contributed by atoms with Crippen molar-refractivity contribution in [3.05, 3.63) is 35.9 Å². The van der Waals surface area contributed by atoms with Gasteiger partial charge in [0.05, 0.1) is 12.8 Å². The number of nitrogen functional groups attached to an aromatic ring is 1. The minimum atomic E-state index is -0.156. The molecule has 106 valence electrons. The number of nitrogens with two attached hydrogens (primary N) is 1. The van der Waals surface area contributed by atoms with Crippen molar-refractivity contribution in [1.82, 2.24) is 20.5 Å². The highest BCUT2D eigenvalue weighted by atomic mass is 16.5. The van der Waals surface area contributed by atoms with E-state index in [1.807, 2.05) is 0 Å². The van der Waals surface area contributed by atoms with Crippen molar-refractivity contribution >= 4 is 11.6 Å². The van der Waals surface area contributed by atoms with Crippen LogP contribution in [0.15, 0.2) is 24.5 Å². The molecule has 0 saturated heterocycles. The Hall–Kier alpha value is -2.57. The molecule has 7 nitrogen and oxygen atoms in total. The summed E-state index contributed by atoms with van der Waals surface area (Å²) in [5.41, 5.74) is 6.73. The lowest BCUT2D eigenvalue weighted by Crippen LogP contribution is -2.25. The number of nitrogens with one attached hydrogen (secondary N) is 2. The van der Waals surface area contributed by atoms with Gasteiger partial charge in [0.25, 0.3) is 5.91 Å². The zero-order chi connectivity index (χ0) is 14.4. The van der Waals surface area contributed by atoms with E-state index in [2.05, 4.69) is 20.5 Å². The average molecular weight is 275 g/mol. The number of ether oxygens (including phenoxy) is 1. The van der Waals surface area contributed by atoms with Crippen LogP contribution in [0, 0.1) is 0 Å². The van der Waals surface area contributed by atoms with E-state index in [1.165, 1.54) is 13.4 Å². The third-order valence-corrected chi connectivity index (χ3v) is 2.83. The van der Waals surface area contributed by atoms with E-state index in [-0.39, 0.29) is 5.91 Å². The van der Waals surface area contributed by atoms with Gasteiger partial charge in [-0.05, 0) is 24.6 Å². The molecule has 0 unspecified atom stereocenters. The molecule has 1 heterocycles. The molecule has 2 rings (SSSR count). The lowest BCUT2D eigenvalue weighted by Gasteiger charge is -2.08. The Morgan fingerprint density at radius 2 is 2.35 bits per heavy atom. The fourth-order valence-electron chi connectivity index (χ4n) is 1.79. The Labute approximate surface area is 116 Å². The van der Waals surface area contributed by atoms with Gasteiger partial charge >= 0.3 is 0 Å². The molecule has 2 aromatic rings. The first kappa shape index (κ1) is 13.9. The normalized spacial score (nSPS) is 10.2. The van der Waals surface area contributed by atoms with Crippen LogP contribution < -0.4 is 15.8 Å². The molecule has 1 amide bonds. The number of benzene rings is 1. The van der Waals surface area contributed by atoms with Crippen molar-refractivity contribution in [3.63, 3.8) is 0 Å². The predicted octanol–water partition coefficient (Wildman–Crippen LogP) is 0.758. The van der Waals surface area contributed by atoms with E-state index < -0.39 is 0 Å². The van der Waals surface area contributed by atoms with Crippen LogP contribution in [-0.4, -0.2) is 34.7 Å². The minimum Gasteiger partial charge on any atom is -0.495 e. The van der Waals surface area contributed by atoms with E-state index in [4.69, 9.17) is 10.5 Å². The smallest absolute Gasteiger partial charge is 0.251 e. The minimum absolute atomic E-state index is 0.156. The molecule has 0 radical (unpaired) electrons. The number of aromatic amines is 1. The summed E-state index contributed by atoms with van der Waals surface area (Å²) in [6.45, 7) is 0.561. The number of carbonyl (C=O) groups excluding carboxylic acids is 1. The van der Waals surface area contributed by atoms with Crippen LogP contribution in [0.3, 0.4) is 0 Å². The number of anilines is 1. The summed E-state index contributed by atoms with van der Waals surface area (Å²) >= 11 is 0. The maximum atomic E-state index is 11.9. The summed E-state index contributed by atoms with van der Waals surface area (Å²) in [6, 6.07) is 4.96. The highest BCUT2D eigenvalue weighted by Gasteiger charge is 2.08. The van der Waals surface area contributed by atoms with E-state index in [1.54, 1.807) is 18.2 Å². The fourth-order valence-corrected chi connectivity index (χ4v) is 1.79. The largest absolute Gasteiger partial charge is 0.495 e. The Morgan fingerprint density at radius 1 is 1.50 bits per heavy atom. The van der Waals surface area contributed by atoms with Crippen molar-refractivity contribution in [2.45, 2.75) is 12.8 Å². The van der Waals surface area contributed by atoms with Crippen molar-refractivity contribution in [1.29, 1.82) is 0 Å². The van der Waals surface area contributed by atoms with Crippen molar-refractivity contribution in [2.24, 2.45) is 0 Å². The number of carbonyl (C=O) groups is 1. The molecule has 4 N–H and O–H groups in total. The molecular formula is C13H17N5O2. The van der Waals surface area contributed by atoms with E-state index in [0.717, 1.165) is 18.7 Å². The Morgan fingerprint density at radius 3 is 3.00 bits per heavy atom. The van der Waals surface area contributed by atoms with Crippen LogP contribution in [0.5, 0.6) is 5.75 Å². The third-order valence-electron chi connectivity index (χ3n) is 2.83. The summed E-state index contributed by atoms with van der Waals surface area (Å²) < 4.78 is 5.05. The first-order chi connectivity index (χ1) is 9.70. The van der Waals surface area contributed by atoms with Crippen molar-refractivity contribution in [3.8, 4) is 5.75 Å². The first-order valence-corrected chi connectivity index (χ1v) is 6.26. The molecule has 0 aliphatic carbocycles. The number of aryl methyl sites for hydroxylation is 1. The topological polar surface area (TPSA) is 106 Å². The van der Waals surface area contributed by atoms with Gasteiger partial charge in [-0.2, -0.15) is 5.10 Å². The van der Waals surface area contributed by atoms with Crippen LogP contribution in [0.25, 0.3) is 0 Å². The predicted molar refractivity (Wildman–Crippen MR) is 74.4 cm³/mol.